The lowest BCUT2D eigenvalue weighted by atomic mass is 10.2. The van der Waals surface area contributed by atoms with Gasteiger partial charge in [-0.15, -0.1) is 0 Å². The Labute approximate surface area is 108 Å². The van der Waals surface area contributed by atoms with Crippen LogP contribution in [0, 0.1) is 0 Å². The van der Waals surface area contributed by atoms with E-state index in [1.54, 1.807) is 31.4 Å². The molecule has 18 heavy (non-hydrogen) atoms. The number of rotatable bonds is 8. The van der Waals surface area contributed by atoms with Gasteiger partial charge in [-0.05, 0) is 37.2 Å². The number of ether oxygens (including phenoxy) is 2. The summed E-state index contributed by atoms with van der Waals surface area (Å²) in [6.07, 6.45) is 2.31. The first-order chi connectivity index (χ1) is 8.77. The predicted molar refractivity (Wildman–Crippen MR) is 71.1 cm³/mol. The van der Waals surface area contributed by atoms with E-state index in [2.05, 4.69) is 12.2 Å². The number of esters is 1. The minimum atomic E-state index is -0.296. The molecular formula is C14H21NO3. The molecule has 0 radical (unpaired) electrons. The van der Waals surface area contributed by atoms with Crippen LogP contribution in [0.4, 0.5) is 0 Å². The number of benzene rings is 1. The van der Waals surface area contributed by atoms with Crippen molar-refractivity contribution in [2.75, 3.05) is 26.8 Å². The van der Waals surface area contributed by atoms with Crippen molar-refractivity contribution >= 4 is 5.97 Å². The van der Waals surface area contributed by atoms with Crippen molar-refractivity contribution in [1.29, 1.82) is 0 Å². The second kappa shape index (κ2) is 8.53. The third kappa shape index (κ3) is 5.19. The summed E-state index contributed by atoms with van der Waals surface area (Å²) in [5, 5.41) is 3.21. The topological polar surface area (TPSA) is 47.6 Å². The average Bonchev–Trinajstić information content (AvgIpc) is 2.42. The summed E-state index contributed by atoms with van der Waals surface area (Å²) in [4.78, 5) is 11.6. The van der Waals surface area contributed by atoms with Crippen LogP contribution in [0.1, 0.15) is 30.1 Å². The maximum Gasteiger partial charge on any atom is 0.338 e. The van der Waals surface area contributed by atoms with Crippen LogP contribution < -0.4 is 10.1 Å². The number of unbranched alkanes of at least 4 members (excludes halogenated alkanes) is 1. The van der Waals surface area contributed by atoms with Crippen LogP contribution in [0.25, 0.3) is 0 Å². The van der Waals surface area contributed by atoms with Crippen LogP contribution in [0.15, 0.2) is 24.3 Å². The van der Waals surface area contributed by atoms with Crippen molar-refractivity contribution in [2.45, 2.75) is 19.8 Å². The van der Waals surface area contributed by atoms with Gasteiger partial charge in [0.25, 0.3) is 0 Å². The highest BCUT2D eigenvalue weighted by molar-refractivity contribution is 5.89. The Morgan fingerprint density at radius 1 is 1.22 bits per heavy atom. The number of methoxy groups -OCH3 is 1. The number of hydrogen-bond donors (Lipinski definition) is 1. The maximum absolute atomic E-state index is 11.6. The normalized spacial score (nSPS) is 10.1. The fraction of sp³-hybridized carbons (Fsp3) is 0.500. The molecule has 0 saturated carbocycles. The first kappa shape index (κ1) is 14.5. The largest absolute Gasteiger partial charge is 0.497 e. The zero-order valence-electron chi connectivity index (χ0n) is 11.1. The molecule has 0 amide bonds. The maximum atomic E-state index is 11.6. The fourth-order valence-electron chi connectivity index (χ4n) is 1.45. The van der Waals surface area contributed by atoms with E-state index in [9.17, 15) is 4.79 Å². The summed E-state index contributed by atoms with van der Waals surface area (Å²) >= 11 is 0. The molecule has 0 fully saturated rings. The summed E-state index contributed by atoms with van der Waals surface area (Å²) < 4.78 is 10.2. The molecule has 1 N–H and O–H groups in total. The zero-order chi connectivity index (χ0) is 13.2. The smallest absolute Gasteiger partial charge is 0.338 e. The minimum Gasteiger partial charge on any atom is -0.497 e. The Hall–Kier alpha value is -1.55. The van der Waals surface area contributed by atoms with Gasteiger partial charge in [0.1, 0.15) is 12.4 Å². The molecule has 1 rings (SSSR count). The van der Waals surface area contributed by atoms with Gasteiger partial charge >= 0.3 is 5.97 Å². The van der Waals surface area contributed by atoms with Crippen molar-refractivity contribution < 1.29 is 14.3 Å². The molecule has 1 aromatic rings. The van der Waals surface area contributed by atoms with Gasteiger partial charge < -0.3 is 14.8 Å². The molecule has 0 aliphatic heterocycles. The van der Waals surface area contributed by atoms with Gasteiger partial charge in [0.05, 0.1) is 12.7 Å². The second-order valence-electron chi connectivity index (χ2n) is 3.97. The van der Waals surface area contributed by atoms with Crippen LogP contribution in [0.5, 0.6) is 5.75 Å². The van der Waals surface area contributed by atoms with E-state index in [-0.39, 0.29) is 5.97 Å². The summed E-state index contributed by atoms with van der Waals surface area (Å²) in [5.41, 5.74) is 0.546. The highest BCUT2D eigenvalue weighted by Gasteiger charge is 2.06. The Bertz CT molecular complexity index is 349. The van der Waals surface area contributed by atoms with E-state index in [1.807, 2.05) is 0 Å². The first-order valence-corrected chi connectivity index (χ1v) is 6.29. The molecule has 0 aromatic heterocycles. The molecule has 0 bridgehead atoms. The molecule has 0 unspecified atom stereocenters. The first-order valence-electron chi connectivity index (χ1n) is 6.29. The summed E-state index contributed by atoms with van der Waals surface area (Å²) in [5.74, 6) is 0.433. The monoisotopic (exact) mass is 251 g/mol. The van der Waals surface area contributed by atoms with Gasteiger partial charge in [-0.2, -0.15) is 0 Å². The van der Waals surface area contributed by atoms with E-state index in [0.29, 0.717) is 18.7 Å². The lowest BCUT2D eigenvalue weighted by Gasteiger charge is -2.06. The lowest BCUT2D eigenvalue weighted by Crippen LogP contribution is -2.22. The standard InChI is InChI=1S/C14H21NO3/c1-3-4-9-15-10-11-18-14(16)12-5-7-13(17-2)8-6-12/h5-8,15H,3-4,9-11H2,1-2H3. The van der Waals surface area contributed by atoms with Crippen LogP contribution in [0.3, 0.4) is 0 Å². The van der Waals surface area contributed by atoms with Crippen LogP contribution in [0.2, 0.25) is 0 Å². The zero-order valence-corrected chi connectivity index (χ0v) is 11.1. The molecule has 0 aliphatic carbocycles. The highest BCUT2D eigenvalue weighted by Crippen LogP contribution is 2.11. The van der Waals surface area contributed by atoms with Gasteiger partial charge in [0.2, 0.25) is 0 Å². The molecule has 0 heterocycles. The molecular weight excluding hydrogens is 230 g/mol. The highest BCUT2D eigenvalue weighted by atomic mass is 16.5. The van der Waals surface area contributed by atoms with Crippen LogP contribution >= 0.6 is 0 Å². The summed E-state index contributed by atoms with van der Waals surface area (Å²) in [6.45, 7) is 4.21. The van der Waals surface area contributed by atoms with Crippen LogP contribution in [-0.2, 0) is 4.74 Å². The molecule has 100 valence electrons. The molecule has 0 atom stereocenters. The van der Waals surface area contributed by atoms with Crippen molar-refractivity contribution in [3.05, 3.63) is 29.8 Å². The Balaban J connectivity index is 2.23. The predicted octanol–water partition coefficient (Wildman–Crippen LogP) is 2.24. The minimum absolute atomic E-state index is 0.296. The molecule has 0 aliphatic rings. The third-order valence-electron chi connectivity index (χ3n) is 2.54. The SMILES string of the molecule is CCCCNCCOC(=O)c1ccc(OC)cc1. The van der Waals surface area contributed by atoms with E-state index >= 15 is 0 Å². The van der Waals surface area contributed by atoms with Gasteiger partial charge in [0.15, 0.2) is 0 Å². The van der Waals surface area contributed by atoms with Crippen molar-refractivity contribution in [2.24, 2.45) is 0 Å². The van der Waals surface area contributed by atoms with E-state index in [4.69, 9.17) is 9.47 Å². The third-order valence-corrected chi connectivity index (χ3v) is 2.54. The number of carbonyl (C=O) groups is 1. The summed E-state index contributed by atoms with van der Waals surface area (Å²) in [7, 11) is 1.59. The molecule has 4 heteroatoms. The Morgan fingerprint density at radius 3 is 2.56 bits per heavy atom. The second-order valence-corrected chi connectivity index (χ2v) is 3.97. The van der Waals surface area contributed by atoms with Crippen LogP contribution in [-0.4, -0.2) is 32.8 Å². The Morgan fingerprint density at radius 2 is 1.94 bits per heavy atom. The van der Waals surface area contributed by atoms with Crippen molar-refractivity contribution in [3.63, 3.8) is 0 Å². The molecule has 1 aromatic carbocycles. The van der Waals surface area contributed by atoms with Crippen molar-refractivity contribution in [1.82, 2.24) is 5.32 Å². The van der Waals surface area contributed by atoms with Gasteiger partial charge in [-0.3, -0.25) is 0 Å². The lowest BCUT2D eigenvalue weighted by molar-refractivity contribution is 0.0508. The van der Waals surface area contributed by atoms with Crippen molar-refractivity contribution in [3.8, 4) is 5.75 Å². The fourth-order valence-corrected chi connectivity index (χ4v) is 1.45. The Kier molecular flexibility index (Phi) is 6.87. The number of carbonyl (C=O) groups excluding carboxylic acids is 1. The molecule has 4 nitrogen and oxygen atoms in total. The van der Waals surface area contributed by atoms with Gasteiger partial charge in [-0.1, -0.05) is 13.3 Å². The summed E-state index contributed by atoms with van der Waals surface area (Å²) in [6, 6.07) is 6.89. The quantitative estimate of drug-likeness (QED) is 0.568. The molecule has 0 spiro atoms. The number of hydrogen-bond acceptors (Lipinski definition) is 4. The van der Waals surface area contributed by atoms with Gasteiger partial charge in [-0.25, -0.2) is 4.79 Å². The number of nitrogens with one attached hydrogen (secondary N) is 1. The van der Waals surface area contributed by atoms with E-state index < -0.39 is 0 Å². The average molecular weight is 251 g/mol. The van der Waals surface area contributed by atoms with E-state index in [1.165, 1.54) is 6.42 Å². The molecule has 0 saturated heterocycles. The van der Waals surface area contributed by atoms with E-state index in [0.717, 1.165) is 18.7 Å². The van der Waals surface area contributed by atoms with Gasteiger partial charge in [0, 0.05) is 6.54 Å².